The molecule has 0 amide bonds. The predicted octanol–water partition coefficient (Wildman–Crippen LogP) is 3.24. The second-order valence-electron chi connectivity index (χ2n) is 4.16. The Morgan fingerprint density at radius 2 is 1.83 bits per heavy atom. The molecule has 1 unspecified atom stereocenters. The number of halogens is 3. The third-order valence-electron chi connectivity index (χ3n) is 2.60. The molecule has 1 aromatic carbocycles. The van der Waals surface area contributed by atoms with Crippen molar-refractivity contribution >= 4 is 5.78 Å². The van der Waals surface area contributed by atoms with E-state index in [1.165, 1.54) is 19.2 Å². The van der Waals surface area contributed by atoms with E-state index in [4.69, 9.17) is 4.74 Å². The fraction of sp³-hybridized carbons (Fsp3) is 0.462. The van der Waals surface area contributed by atoms with Gasteiger partial charge in [0.15, 0.2) is 0 Å². The van der Waals surface area contributed by atoms with Crippen molar-refractivity contribution in [2.45, 2.75) is 32.0 Å². The minimum absolute atomic E-state index is 0.0518. The Labute approximate surface area is 104 Å². The van der Waals surface area contributed by atoms with Gasteiger partial charge in [-0.15, -0.1) is 0 Å². The van der Waals surface area contributed by atoms with Gasteiger partial charge in [0.2, 0.25) is 0 Å². The number of alkyl halides is 3. The van der Waals surface area contributed by atoms with E-state index in [2.05, 4.69) is 0 Å². The molecule has 0 aromatic heterocycles. The average molecular weight is 260 g/mol. The van der Waals surface area contributed by atoms with E-state index in [-0.39, 0.29) is 24.7 Å². The van der Waals surface area contributed by atoms with Crippen molar-refractivity contribution in [1.29, 1.82) is 0 Å². The number of ether oxygens (including phenoxy) is 1. The number of Topliss-reactive ketones (excluding diaryl/α,β-unsaturated/α-hetero) is 1. The van der Waals surface area contributed by atoms with Gasteiger partial charge in [-0.2, -0.15) is 13.2 Å². The maximum Gasteiger partial charge on any atom is 0.416 e. The van der Waals surface area contributed by atoms with Gasteiger partial charge in [0.05, 0.1) is 11.7 Å². The van der Waals surface area contributed by atoms with Crippen LogP contribution in [0.15, 0.2) is 24.3 Å². The minimum atomic E-state index is -4.34. The lowest BCUT2D eigenvalue weighted by Crippen LogP contribution is -2.14. The Kier molecular flexibility index (Phi) is 4.90. The van der Waals surface area contributed by atoms with Crippen molar-refractivity contribution in [1.82, 2.24) is 0 Å². The lowest BCUT2D eigenvalue weighted by atomic mass is 10.0. The van der Waals surface area contributed by atoms with Crippen molar-refractivity contribution < 1.29 is 22.7 Å². The molecule has 1 rings (SSSR count). The van der Waals surface area contributed by atoms with E-state index in [0.717, 1.165) is 12.1 Å². The summed E-state index contributed by atoms with van der Waals surface area (Å²) in [7, 11) is 1.51. The summed E-state index contributed by atoms with van der Waals surface area (Å²) >= 11 is 0. The van der Waals surface area contributed by atoms with E-state index >= 15 is 0 Å². The first-order valence-electron chi connectivity index (χ1n) is 5.53. The molecule has 2 nitrogen and oxygen atoms in total. The van der Waals surface area contributed by atoms with Crippen LogP contribution in [0.25, 0.3) is 0 Å². The molecule has 18 heavy (non-hydrogen) atoms. The summed E-state index contributed by atoms with van der Waals surface area (Å²) in [5.74, 6) is -0.0518. The minimum Gasteiger partial charge on any atom is -0.381 e. The number of benzene rings is 1. The summed E-state index contributed by atoms with van der Waals surface area (Å²) in [5, 5.41) is 0. The average Bonchev–Trinajstić information content (AvgIpc) is 2.28. The molecule has 0 saturated carbocycles. The predicted molar refractivity (Wildman–Crippen MR) is 61.2 cm³/mol. The highest BCUT2D eigenvalue weighted by Gasteiger charge is 2.29. The maximum atomic E-state index is 12.3. The summed E-state index contributed by atoms with van der Waals surface area (Å²) < 4.78 is 41.9. The zero-order chi connectivity index (χ0) is 13.8. The first kappa shape index (κ1) is 14.7. The molecule has 0 heterocycles. The van der Waals surface area contributed by atoms with Gasteiger partial charge in [-0.25, -0.2) is 0 Å². The monoisotopic (exact) mass is 260 g/mol. The summed E-state index contributed by atoms with van der Waals surface area (Å²) in [5.41, 5.74) is -0.125. The van der Waals surface area contributed by atoms with Gasteiger partial charge in [-0.3, -0.25) is 4.79 Å². The number of rotatable bonds is 5. The second-order valence-corrected chi connectivity index (χ2v) is 4.16. The molecule has 1 aromatic rings. The SMILES string of the molecule is COC(C)CC(=O)Cc1ccc(C(F)(F)F)cc1. The quantitative estimate of drug-likeness (QED) is 0.812. The third-order valence-corrected chi connectivity index (χ3v) is 2.60. The van der Waals surface area contributed by atoms with Crippen molar-refractivity contribution in [3.05, 3.63) is 35.4 Å². The van der Waals surface area contributed by atoms with Crippen LogP contribution in [0, 0.1) is 0 Å². The van der Waals surface area contributed by atoms with Gasteiger partial charge in [-0.1, -0.05) is 12.1 Å². The van der Waals surface area contributed by atoms with Crippen LogP contribution in [0.2, 0.25) is 0 Å². The van der Waals surface area contributed by atoms with Crippen LogP contribution < -0.4 is 0 Å². The molecule has 0 saturated heterocycles. The summed E-state index contributed by atoms with van der Waals surface area (Å²) in [6.07, 6.45) is -4.12. The molecule has 0 spiro atoms. The molecule has 0 fully saturated rings. The van der Waals surface area contributed by atoms with E-state index in [9.17, 15) is 18.0 Å². The van der Waals surface area contributed by atoms with Gasteiger partial charge in [0, 0.05) is 20.0 Å². The van der Waals surface area contributed by atoms with Crippen molar-refractivity contribution in [2.24, 2.45) is 0 Å². The lowest BCUT2D eigenvalue weighted by molar-refractivity contribution is -0.137. The molecule has 5 heteroatoms. The molecule has 0 aliphatic rings. The number of hydrogen-bond acceptors (Lipinski definition) is 2. The van der Waals surface area contributed by atoms with Gasteiger partial charge in [0.25, 0.3) is 0 Å². The fourth-order valence-electron chi connectivity index (χ4n) is 1.52. The van der Waals surface area contributed by atoms with Crippen molar-refractivity contribution in [2.75, 3.05) is 7.11 Å². The summed E-state index contributed by atoms with van der Waals surface area (Å²) in [6.45, 7) is 1.77. The Balaban J connectivity index is 2.61. The topological polar surface area (TPSA) is 26.3 Å². The van der Waals surface area contributed by atoms with Crippen LogP contribution in [-0.4, -0.2) is 19.0 Å². The van der Waals surface area contributed by atoms with Crippen LogP contribution in [0.5, 0.6) is 0 Å². The van der Waals surface area contributed by atoms with Gasteiger partial charge >= 0.3 is 6.18 Å². The number of carbonyl (C=O) groups excluding carboxylic acids is 1. The Morgan fingerprint density at radius 1 is 1.28 bits per heavy atom. The molecule has 0 bridgehead atoms. The molecule has 100 valence electrons. The number of ketones is 1. The largest absolute Gasteiger partial charge is 0.416 e. The Bertz CT molecular complexity index is 396. The smallest absolute Gasteiger partial charge is 0.381 e. The molecule has 0 N–H and O–H groups in total. The van der Waals surface area contributed by atoms with Crippen molar-refractivity contribution in [3.8, 4) is 0 Å². The molecule has 1 atom stereocenters. The van der Waals surface area contributed by atoms with Gasteiger partial charge in [-0.05, 0) is 24.6 Å². The third kappa shape index (κ3) is 4.49. The number of methoxy groups -OCH3 is 1. The van der Waals surface area contributed by atoms with E-state index in [1.807, 2.05) is 0 Å². The fourth-order valence-corrected chi connectivity index (χ4v) is 1.52. The molecule has 0 aliphatic heterocycles. The number of carbonyl (C=O) groups is 1. The highest BCUT2D eigenvalue weighted by Crippen LogP contribution is 2.29. The van der Waals surface area contributed by atoms with Crippen molar-refractivity contribution in [3.63, 3.8) is 0 Å². The Morgan fingerprint density at radius 3 is 2.28 bits per heavy atom. The molecule has 0 radical (unpaired) electrons. The second kappa shape index (κ2) is 6.00. The highest BCUT2D eigenvalue weighted by molar-refractivity contribution is 5.81. The zero-order valence-corrected chi connectivity index (χ0v) is 10.3. The van der Waals surface area contributed by atoms with Crippen LogP contribution in [0.4, 0.5) is 13.2 Å². The highest BCUT2D eigenvalue weighted by atomic mass is 19.4. The number of hydrogen-bond donors (Lipinski definition) is 0. The zero-order valence-electron chi connectivity index (χ0n) is 10.3. The molecular weight excluding hydrogens is 245 g/mol. The summed E-state index contributed by atoms with van der Waals surface area (Å²) in [4.78, 5) is 11.6. The van der Waals surface area contributed by atoms with Gasteiger partial charge < -0.3 is 4.74 Å². The standard InChI is InChI=1S/C13H15F3O2/c1-9(18-2)7-12(17)8-10-3-5-11(6-4-10)13(14,15)16/h3-6,9H,7-8H2,1-2H3. The lowest BCUT2D eigenvalue weighted by Gasteiger charge is -2.09. The van der Waals surface area contributed by atoms with E-state index < -0.39 is 11.7 Å². The Hall–Kier alpha value is -1.36. The molecule has 0 aliphatic carbocycles. The van der Waals surface area contributed by atoms with Crippen LogP contribution in [-0.2, 0) is 22.1 Å². The molecular formula is C13H15F3O2. The van der Waals surface area contributed by atoms with Crippen LogP contribution >= 0.6 is 0 Å². The van der Waals surface area contributed by atoms with E-state index in [0.29, 0.717) is 5.56 Å². The first-order chi connectivity index (χ1) is 8.32. The maximum absolute atomic E-state index is 12.3. The van der Waals surface area contributed by atoms with Crippen LogP contribution in [0.1, 0.15) is 24.5 Å². The summed E-state index contributed by atoms with van der Waals surface area (Å²) in [6, 6.07) is 4.64. The first-order valence-corrected chi connectivity index (χ1v) is 5.53. The van der Waals surface area contributed by atoms with Crippen LogP contribution in [0.3, 0.4) is 0 Å². The van der Waals surface area contributed by atoms with Gasteiger partial charge in [0.1, 0.15) is 5.78 Å². The normalized spacial score (nSPS) is 13.4. The van der Waals surface area contributed by atoms with E-state index in [1.54, 1.807) is 6.92 Å².